The number of hydrogen-bond donors (Lipinski definition) is 2. The van der Waals surface area contributed by atoms with Crippen LogP contribution in [0.25, 0.3) is 10.9 Å². The molecule has 5 nitrogen and oxygen atoms in total. The van der Waals surface area contributed by atoms with Crippen LogP contribution in [0.3, 0.4) is 0 Å². The van der Waals surface area contributed by atoms with Crippen molar-refractivity contribution in [1.82, 2.24) is 15.3 Å². The first-order valence-electron chi connectivity index (χ1n) is 7.95. The zero-order valence-electron chi connectivity index (χ0n) is 13.8. The van der Waals surface area contributed by atoms with Gasteiger partial charge in [0.25, 0.3) is 5.91 Å². The number of hydrogen-bond acceptors (Lipinski definition) is 4. The maximum atomic E-state index is 14.0. The lowest BCUT2D eigenvalue weighted by Gasteiger charge is -2.10. The molecule has 0 saturated heterocycles. The van der Waals surface area contributed by atoms with Crippen LogP contribution >= 0.6 is 0 Å². The van der Waals surface area contributed by atoms with Crippen molar-refractivity contribution in [3.63, 3.8) is 0 Å². The van der Waals surface area contributed by atoms with Gasteiger partial charge in [-0.2, -0.15) is 13.2 Å². The zero-order valence-corrected chi connectivity index (χ0v) is 13.8. The summed E-state index contributed by atoms with van der Waals surface area (Å²) >= 11 is 0. The standard InChI is InChI=1S/C18H14F4N4O/c19-13-2-1-3-14-15(13)16(26-10-25-14)23-8-9-24-17(27)11-4-6-12(7-5-11)18(20,21)22/h1-7,10H,8-9H2,(H,24,27)(H,23,25,26). The molecule has 0 aliphatic rings. The molecule has 0 bridgehead atoms. The Morgan fingerprint density at radius 3 is 2.44 bits per heavy atom. The van der Waals surface area contributed by atoms with Crippen molar-refractivity contribution in [2.75, 3.05) is 18.4 Å². The summed E-state index contributed by atoms with van der Waals surface area (Å²) < 4.78 is 51.5. The Kier molecular flexibility index (Phi) is 5.20. The SMILES string of the molecule is O=C(NCCNc1ncnc2cccc(F)c12)c1ccc(C(F)(F)F)cc1. The van der Waals surface area contributed by atoms with Crippen LogP contribution in [0.2, 0.25) is 0 Å². The van der Waals surface area contributed by atoms with Gasteiger partial charge in [0, 0.05) is 18.7 Å². The van der Waals surface area contributed by atoms with E-state index in [0.717, 1.165) is 24.3 Å². The summed E-state index contributed by atoms with van der Waals surface area (Å²) in [6.45, 7) is 0.409. The van der Waals surface area contributed by atoms with Crippen LogP contribution < -0.4 is 10.6 Å². The summed E-state index contributed by atoms with van der Waals surface area (Å²) in [5.74, 6) is -0.685. The van der Waals surface area contributed by atoms with Crippen LogP contribution in [-0.2, 0) is 6.18 Å². The smallest absolute Gasteiger partial charge is 0.368 e. The van der Waals surface area contributed by atoms with Crippen molar-refractivity contribution < 1.29 is 22.4 Å². The molecule has 1 amide bonds. The number of amides is 1. The molecule has 1 heterocycles. The van der Waals surface area contributed by atoms with Crippen molar-refractivity contribution in [3.05, 3.63) is 65.7 Å². The number of carbonyl (C=O) groups excluding carboxylic acids is 1. The monoisotopic (exact) mass is 378 g/mol. The van der Waals surface area contributed by atoms with Gasteiger partial charge in [0.1, 0.15) is 18.0 Å². The number of anilines is 1. The Morgan fingerprint density at radius 2 is 1.74 bits per heavy atom. The van der Waals surface area contributed by atoms with Crippen molar-refractivity contribution in [3.8, 4) is 0 Å². The fraction of sp³-hybridized carbons (Fsp3) is 0.167. The van der Waals surface area contributed by atoms with E-state index in [1.54, 1.807) is 12.1 Å². The number of nitrogens with zero attached hydrogens (tertiary/aromatic N) is 2. The molecule has 9 heteroatoms. The first-order valence-corrected chi connectivity index (χ1v) is 7.95. The molecular weight excluding hydrogens is 364 g/mol. The molecular formula is C18H14F4N4O. The van der Waals surface area contributed by atoms with E-state index in [9.17, 15) is 22.4 Å². The first kappa shape index (κ1) is 18.6. The fourth-order valence-corrected chi connectivity index (χ4v) is 2.47. The largest absolute Gasteiger partial charge is 0.416 e. The second-order valence-electron chi connectivity index (χ2n) is 5.61. The molecule has 3 rings (SSSR count). The Bertz CT molecular complexity index is 952. The summed E-state index contributed by atoms with van der Waals surface area (Å²) in [5, 5.41) is 5.72. The van der Waals surface area contributed by atoms with E-state index >= 15 is 0 Å². The number of alkyl halides is 3. The van der Waals surface area contributed by atoms with Crippen molar-refractivity contribution in [2.24, 2.45) is 0 Å². The summed E-state index contributed by atoms with van der Waals surface area (Å²) in [4.78, 5) is 20.0. The normalized spacial score (nSPS) is 11.4. The van der Waals surface area contributed by atoms with Gasteiger partial charge in [0.15, 0.2) is 0 Å². The van der Waals surface area contributed by atoms with Gasteiger partial charge in [-0.25, -0.2) is 14.4 Å². The highest BCUT2D eigenvalue weighted by molar-refractivity contribution is 5.94. The summed E-state index contributed by atoms with van der Waals surface area (Å²) in [5.41, 5.74) is -0.263. The Hall–Kier alpha value is -3.23. The molecule has 0 radical (unpaired) electrons. The minimum atomic E-state index is -4.45. The summed E-state index contributed by atoms with van der Waals surface area (Å²) in [6, 6.07) is 8.41. The highest BCUT2D eigenvalue weighted by Gasteiger charge is 2.30. The highest BCUT2D eigenvalue weighted by atomic mass is 19.4. The molecule has 0 spiro atoms. The molecule has 140 valence electrons. The van der Waals surface area contributed by atoms with Gasteiger partial charge in [0.05, 0.1) is 16.5 Å². The molecule has 0 aliphatic heterocycles. The van der Waals surface area contributed by atoms with E-state index in [1.165, 1.54) is 12.4 Å². The molecule has 2 N–H and O–H groups in total. The highest BCUT2D eigenvalue weighted by Crippen LogP contribution is 2.29. The minimum Gasteiger partial charge on any atom is -0.368 e. The second kappa shape index (κ2) is 7.56. The quantitative estimate of drug-likeness (QED) is 0.526. The molecule has 0 fully saturated rings. The Morgan fingerprint density at radius 1 is 1.00 bits per heavy atom. The average molecular weight is 378 g/mol. The van der Waals surface area contributed by atoms with E-state index in [-0.39, 0.29) is 24.0 Å². The molecule has 27 heavy (non-hydrogen) atoms. The van der Waals surface area contributed by atoms with Gasteiger partial charge in [-0.15, -0.1) is 0 Å². The minimum absolute atomic E-state index is 0.113. The number of halogens is 4. The van der Waals surface area contributed by atoms with E-state index in [4.69, 9.17) is 0 Å². The third-order valence-corrected chi connectivity index (χ3v) is 3.79. The number of rotatable bonds is 5. The molecule has 0 atom stereocenters. The zero-order chi connectivity index (χ0) is 19.4. The van der Waals surface area contributed by atoms with Crippen LogP contribution in [0.1, 0.15) is 15.9 Å². The number of fused-ring (bicyclic) bond motifs is 1. The predicted octanol–water partition coefficient (Wildman–Crippen LogP) is 3.63. The van der Waals surface area contributed by atoms with Gasteiger partial charge in [-0.1, -0.05) is 6.07 Å². The lowest BCUT2D eigenvalue weighted by Crippen LogP contribution is -2.29. The fourth-order valence-electron chi connectivity index (χ4n) is 2.47. The van der Waals surface area contributed by atoms with E-state index in [1.807, 2.05) is 0 Å². The third kappa shape index (κ3) is 4.30. The predicted molar refractivity (Wildman–Crippen MR) is 91.8 cm³/mol. The Balaban J connectivity index is 1.57. The molecule has 1 aromatic heterocycles. The lowest BCUT2D eigenvalue weighted by molar-refractivity contribution is -0.137. The Labute approximate surface area is 151 Å². The number of benzene rings is 2. The number of nitrogens with one attached hydrogen (secondary N) is 2. The van der Waals surface area contributed by atoms with Crippen molar-refractivity contribution in [1.29, 1.82) is 0 Å². The molecule has 0 saturated carbocycles. The van der Waals surface area contributed by atoms with Gasteiger partial charge in [-0.05, 0) is 36.4 Å². The average Bonchev–Trinajstić information content (AvgIpc) is 2.64. The van der Waals surface area contributed by atoms with E-state index in [2.05, 4.69) is 20.6 Å². The summed E-state index contributed by atoms with van der Waals surface area (Å²) in [6.07, 6.45) is -3.15. The molecule has 0 aliphatic carbocycles. The first-order chi connectivity index (χ1) is 12.9. The van der Waals surface area contributed by atoms with Crippen LogP contribution in [0.4, 0.5) is 23.4 Å². The van der Waals surface area contributed by atoms with E-state index < -0.39 is 23.5 Å². The van der Waals surface area contributed by atoms with Crippen LogP contribution in [0.5, 0.6) is 0 Å². The number of carbonyl (C=O) groups is 1. The second-order valence-corrected chi connectivity index (χ2v) is 5.61. The van der Waals surface area contributed by atoms with E-state index in [0.29, 0.717) is 11.3 Å². The summed E-state index contributed by atoms with van der Waals surface area (Å²) in [7, 11) is 0. The van der Waals surface area contributed by atoms with Gasteiger partial charge < -0.3 is 10.6 Å². The maximum absolute atomic E-state index is 14.0. The van der Waals surface area contributed by atoms with Crippen LogP contribution in [0, 0.1) is 5.82 Å². The number of aromatic nitrogens is 2. The third-order valence-electron chi connectivity index (χ3n) is 3.79. The maximum Gasteiger partial charge on any atom is 0.416 e. The molecule has 2 aromatic carbocycles. The molecule has 3 aromatic rings. The topological polar surface area (TPSA) is 66.9 Å². The van der Waals surface area contributed by atoms with Gasteiger partial charge in [-0.3, -0.25) is 4.79 Å². The van der Waals surface area contributed by atoms with Gasteiger partial charge >= 0.3 is 6.18 Å². The van der Waals surface area contributed by atoms with Crippen molar-refractivity contribution >= 4 is 22.6 Å². The lowest BCUT2D eigenvalue weighted by atomic mass is 10.1. The van der Waals surface area contributed by atoms with Crippen LogP contribution in [-0.4, -0.2) is 29.0 Å². The van der Waals surface area contributed by atoms with Crippen molar-refractivity contribution in [2.45, 2.75) is 6.18 Å². The van der Waals surface area contributed by atoms with Gasteiger partial charge in [0.2, 0.25) is 0 Å². The molecule has 0 unspecified atom stereocenters. The van der Waals surface area contributed by atoms with Crippen LogP contribution in [0.15, 0.2) is 48.8 Å².